The summed E-state index contributed by atoms with van der Waals surface area (Å²) < 4.78 is 25.1. The average Bonchev–Trinajstić information content (AvgIpc) is 2.22. The maximum absolute atomic E-state index is 13.3. The molecule has 2 atom stereocenters. The number of hydrogen-bond donors (Lipinski definition) is 1. The number of carboxylic acids is 1. The Morgan fingerprint density at radius 1 is 1.59 bits per heavy atom. The average molecular weight is 279 g/mol. The highest BCUT2D eigenvalue weighted by Crippen LogP contribution is 2.18. The van der Waals surface area contributed by atoms with Crippen LogP contribution in [0.3, 0.4) is 0 Å². The molecule has 0 spiro atoms. The minimum atomic E-state index is -1.43. The molecule has 1 N–H and O–H groups in total. The van der Waals surface area contributed by atoms with Gasteiger partial charge in [0.1, 0.15) is 5.82 Å². The highest BCUT2D eigenvalue weighted by molar-refractivity contribution is 7.84. The van der Waals surface area contributed by atoms with Gasteiger partial charge in [-0.1, -0.05) is 18.5 Å². The Balaban J connectivity index is 2.73. The fraction of sp³-hybridized carbons (Fsp3) is 0.364. The number of carboxylic acid groups (broad SMARTS) is 1. The number of rotatable bonds is 5. The quantitative estimate of drug-likeness (QED) is 0.901. The summed E-state index contributed by atoms with van der Waals surface area (Å²) in [6.07, 6.45) is -0.200. The smallest absolute Gasteiger partial charge is 0.304 e. The van der Waals surface area contributed by atoms with Gasteiger partial charge in [0.15, 0.2) is 0 Å². The van der Waals surface area contributed by atoms with Gasteiger partial charge >= 0.3 is 5.97 Å². The van der Waals surface area contributed by atoms with Gasteiger partial charge in [-0.2, -0.15) is 0 Å². The van der Waals surface area contributed by atoms with Crippen LogP contribution in [0.15, 0.2) is 18.2 Å². The molecule has 0 radical (unpaired) electrons. The first-order valence-corrected chi connectivity index (χ1v) is 6.69. The number of hydrogen-bond acceptors (Lipinski definition) is 2. The molecular formula is C11H12ClFO3S. The van der Waals surface area contributed by atoms with Crippen molar-refractivity contribution >= 4 is 28.4 Å². The molecule has 0 heterocycles. The van der Waals surface area contributed by atoms with Crippen molar-refractivity contribution in [1.29, 1.82) is 0 Å². The van der Waals surface area contributed by atoms with Crippen LogP contribution in [0.25, 0.3) is 0 Å². The summed E-state index contributed by atoms with van der Waals surface area (Å²) in [5.74, 6) is -1.52. The highest BCUT2D eigenvalue weighted by atomic mass is 35.5. The lowest BCUT2D eigenvalue weighted by Gasteiger charge is -2.09. The second-order valence-electron chi connectivity index (χ2n) is 3.67. The molecular weight excluding hydrogens is 267 g/mol. The molecule has 6 heteroatoms. The van der Waals surface area contributed by atoms with Gasteiger partial charge in [-0.25, -0.2) is 4.39 Å². The van der Waals surface area contributed by atoms with Gasteiger partial charge in [-0.3, -0.25) is 9.00 Å². The molecule has 0 bridgehead atoms. The molecule has 0 saturated heterocycles. The molecule has 0 saturated carbocycles. The van der Waals surface area contributed by atoms with Gasteiger partial charge in [-0.15, -0.1) is 0 Å². The number of carbonyl (C=O) groups is 1. The second kappa shape index (κ2) is 6.12. The Labute approximate surface area is 106 Å². The van der Waals surface area contributed by atoms with Crippen molar-refractivity contribution in [2.75, 3.05) is 0 Å². The molecule has 0 amide bonds. The first-order valence-electron chi connectivity index (χ1n) is 4.93. The van der Waals surface area contributed by atoms with E-state index in [0.29, 0.717) is 5.02 Å². The summed E-state index contributed by atoms with van der Waals surface area (Å²) in [5, 5.41) is 8.41. The van der Waals surface area contributed by atoms with E-state index in [4.69, 9.17) is 16.7 Å². The van der Waals surface area contributed by atoms with Crippen LogP contribution in [0, 0.1) is 5.82 Å². The lowest BCUT2D eigenvalue weighted by atomic mass is 10.2. The first-order chi connectivity index (χ1) is 7.90. The van der Waals surface area contributed by atoms with Gasteiger partial charge in [0, 0.05) is 26.6 Å². The summed E-state index contributed by atoms with van der Waals surface area (Å²) in [7, 11) is -1.43. The van der Waals surface area contributed by atoms with Gasteiger partial charge in [0.25, 0.3) is 0 Å². The third-order valence-corrected chi connectivity index (χ3v) is 4.11. The third-order valence-electron chi connectivity index (χ3n) is 2.22. The van der Waals surface area contributed by atoms with Crippen LogP contribution in [0.1, 0.15) is 18.9 Å². The molecule has 1 rings (SSSR count). The molecule has 17 heavy (non-hydrogen) atoms. The van der Waals surface area contributed by atoms with Crippen molar-refractivity contribution < 1.29 is 18.5 Å². The van der Waals surface area contributed by atoms with E-state index < -0.39 is 27.8 Å². The SMILES string of the molecule is CC(CC(=O)O)S(=O)Cc1cc(Cl)ccc1F. The minimum Gasteiger partial charge on any atom is -0.481 e. The van der Waals surface area contributed by atoms with E-state index in [1.165, 1.54) is 18.2 Å². The molecule has 94 valence electrons. The molecule has 1 aromatic rings. The van der Waals surface area contributed by atoms with Crippen molar-refractivity contribution in [2.45, 2.75) is 24.3 Å². The van der Waals surface area contributed by atoms with Crippen molar-refractivity contribution in [2.24, 2.45) is 0 Å². The first kappa shape index (κ1) is 14.1. The topological polar surface area (TPSA) is 54.4 Å². The molecule has 0 aliphatic heterocycles. The third kappa shape index (κ3) is 4.44. The Bertz CT molecular complexity index is 450. The molecule has 3 nitrogen and oxygen atoms in total. The van der Waals surface area contributed by atoms with Gasteiger partial charge in [0.2, 0.25) is 0 Å². The Kier molecular flexibility index (Phi) is 5.08. The predicted octanol–water partition coefficient (Wildman–Crippen LogP) is 2.59. The van der Waals surface area contributed by atoms with Crippen molar-refractivity contribution in [3.8, 4) is 0 Å². The maximum Gasteiger partial charge on any atom is 0.304 e. The lowest BCUT2D eigenvalue weighted by molar-refractivity contribution is -0.136. The van der Waals surface area contributed by atoms with Crippen molar-refractivity contribution in [3.63, 3.8) is 0 Å². The fourth-order valence-electron chi connectivity index (χ4n) is 1.29. The van der Waals surface area contributed by atoms with E-state index in [2.05, 4.69) is 0 Å². The van der Waals surface area contributed by atoms with Crippen LogP contribution in [0.5, 0.6) is 0 Å². The van der Waals surface area contributed by atoms with Crippen LogP contribution in [-0.2, 0) is 21.3 Å². The Morgan fingerprint density at radius 3 is 2.82 bits per heavy atom. The van der Waals surface area contributed by atoms with Gasteiger partial charge < -0.3 is 5.11 Å². The summed E-state index contributed by atoms with van der Waals surface area (Å²) in [6, 6.07) is 4.02. The number of halogens is 2. The van der Waals surface area contributed by atoms with E-state index in [1.54, 1.807) is 6.92 Å². The molecule has 1 aromatic carbocycles. The van der Waals surface area contributed by atoms with E-state index >= 15 is 0 Å². The van der Waals surface area contributed by atoms with Gasteiger partial charge in [0.05, 0.1) is 12.2 Å². The van der Waals surface area contributed by atoms with Crippen molar-refractivity contribution in [1.82, 2.24) is 0 Å². The van der Waals surface area contributed by atoms with E-state index in [1.807, 2.05) is 0 Å². The van der Waals surface area contributed by atoms with E-state index in [-0.39, 0.29) is 17.7 Å². The van der Waals surface area contributed by atoms with E-state index in [0.717, 1.165) is 0 Å². The summed E-state index contributed by atoms with van der Waals surface area (Å²) >= 11 is 5.70. The summed E-state index contributed by atoms with van der Waals surface area (Å²) in [6.45, 7) is 1.56. The zero-order valence-corrected chi connectivity index (χ0v) is 10.7. The van der Waals surface area contributed by atoms with Crippen LogP contribution in [0.2, 0.25) is 5.02 Å². The molecule has 0 aliphatic rings. The zero-order chi connectivity index (χ0) is 13.0. The van der Waals surface area contributed by atoms with Crippen LogP contribution in [-0.4, -0.2) is 20.5 Å². The minimum absolute atomic E-state index is 0.0269. The van der Waals surface area contributed by atoms with Crippen LogP contribution < -0.4 is 0 Å². The summed E-state index contributed by atoms with van der Waals surface area (Å²) in [4.78, 5) is 10.5. The van der Waals surface area contributed by atoms with Gasteiger partial charge in [-0.05, 0) is 18.2 Å². The molecule has 0 aliphatic carbocycles. The fourth-order valence-corrected chi connectivity index (χ4v) is 2.62. The largest absolute Gasteiger partial charge is 0.481 e. The predicted molar refractivity (Wildman–Crippen MR) is 65.0 cm³/mol. The van der Waals surface area contributed by atoms with Crippen molar-refractivity contribution in [3.05, 3.63) is 34.6 Å². The standard InChI is InChI=1S/C11H12ClFO3S/c1-7(4-11(14)15)17(16)6-8-5-9(12)2-3-10(8)13/h2-3,5,7H,4,6H2,1H3,(H,14,15). The number of benzene rings is 1. The number of aliphatic carboxylic acids is 1. The normalized spacial score (nSPS) is 14.3. The van der Waals surface area contributed by atoms with E-state index in [9.17, 15) is 13.4 Å². The zero-order valence-electron chi connectivity index (χ0n) is 9.15. The second-order valence-corrected chi connectivity index (χ2v) is 5.96. The molecule has 2 unspecified atom stereocenters. The van der Waals surface area contributed by atoms with Crippen LogP contribution >= 0.6 is 11.6 Å². The monoisotopic (exact) mass is 278 g/mol. The Morgan fingerprint density at radius 2 is 2.24 bits per heavy atom. The molecule has 0 aromatic heterocycles. The summed E-state index contributed by atoms with van der Waals surface area (Å²) in [5.41, 5.74) is 0.244. The molecule has 0 fully saturated rings. The maximum atomic E-state index is 13.3. The highest BCUT2D eigenvalue weighted by Gasteiger charge is 2.17. The van der Waals surface area contributed by atoms with Crippen LogP contribution in [0.4, 0.5) is 4.39 Å². The lowest BCUT2D eigenvalue weighted by Crippen LogP contribution is -2.17. The Hall–Kier alpha value is -0.940.